The highest BCUT2D eigenvalue weighted by Crippen LogP contribution is 2.33. The van der Waals surface area contributed by atoms with Gasteiger partial charge in [0.2, 0.25) is 5.43 Å². The highest BCUT2D eigenvalue weighted by molar-refractivity contribution is 9.10. The number of amides is 2. The maximum atomic E-state index is 13.9. The Kier molecular flexibility index (Phi) is 11.5. The van der Waals surface area contributed by atoms with E-state index in [0.717, 1.165) is 4.47 Å². The number of carbonyl (C=O) groups is 2. The van der Waals surface area contributed by atoms with Crippen molar-refractivity contribution in [3.63, 3.8) is 0 Å². The number of halogens is 1. The Morgan fingerprint density at radius 1 is 1.15 bits per heavy atom. The summed E-state index contributed by atoms with van der Waals surface area (Å²) in [5, 5.41) is 14.1. The molecule has 12 heteroatoms. The molecule has 0 saturated carbocycles. The van der Waals surface area contributed by atoms with Gasteiger partial charge in [0.05, 0.1) is 17.9 Å². The minimum Gasteiger partial charge on any atom is -0.452 e. The fourth-order valence-electron chi connectivity index (χ4n) is 5.67. The maximum Gasteiger partial charge on any atom is 0.405 e. The Balaban J connectivity index is 1.86. The van der Waals surface area contributed by atoms with Crippen molar-refractivity contribution in [3.8, 4) is 11.5 Å². The van der Waals surface area contributed by atoms with Crippen molar-refractivity contribution in [2.45, 2.75) is 65.0 Å². The van der Waals surface area contributed by atoms with E-state index in [1.54, 1.807) is 44.2 Å². The van der Waals surface area contributed by atoms with Crippen LogP contribution in [0.3, 0.4) is 0 Å². The third-order valence-corrected chi connectivity index (χ3v) is 8.62. The zero-order chi connectivity index (χ0) is 33.7. The molecule has 11 nitrogen and oxygen atoms in total. The number of rotatable bonds is 3. The molecule has 6 atom stereocenters. The smallest absolute Gasteiger partial charge is 0.405 e. The van der Waals surface area contributed by atoms with Crippen molar-refractivity contribution in [3.05, 3.63) is 80.0 Å². The minimum absolute atomic E-state index is 0.0628. The van der Waals surface area contributed by atoms with Crippen molar-refractivity contribution < 1.29 is 33.3 Å². The first-order valence-electron chi connectivity index (χ1n) is 14.9. The van der Waals surface area contributed by atoms with E-state index in [9.17, 15) is 19.5 Å². The summed E-state index contributed by atoms with van der Waals surface area (Å²) < 4.78 is 23.8. The van der Waals surface area contributed by atoms with Gasteiger partial charge in [-0.15, -0.1) is 0 Å². The third kappa shape index (κ3) is 8.11. The molecular formula is C34H40BrN3O8. The molecule has 2 heterocycles. The van der Waals surface area contributed by atoms with Crippen LogP contribution in [0, 0.1) is 11.8 Å². The van der Waals surface area contributed by atoms with Gasteiger partial charge < -0.3 is 34.8 Å². The first-order chi connectivity index (χ1) is 21.8. The summed E-state index contributed by atoms with van der Waals surface area (Å²) in [4.78, 5) is 43.7. The molecule has 2 bridgehead atoms. The van der Waals surface area contributed by atoms with Crippen LogP contribution in [0.2, 0.25) is 0 Å². The molecule has 2 aliphatic heterocycles. The number of benzene rings is 2. The number of hydrogen-bond acceptors (Lipinski definition) is 9. The Bertz CT molecular complexity index is 1710. The fraction of sp³-hybridized carbons (Fsp3) is 0.412. The number of allylic oxidation sites excluding steroid dienone is 2. The highest BCUT2D eigenvalue weighted by atomic mass is 79.9. The summed E-state index contributed by atoms with van der Waals surface area (Å²) >= 11 is 3.46. The lowest BCUT2D eigenvalue weighted by atomic mass is 9.87. The van der Waals surface area contributed by atoms with E-state index in [1.807, 2.05) is 26.0 Å². The summed E-state index contributed by atoms with van der Waals surface area (Å²) in [6, 6.07) is 6.93. The second-order valence-corrected chi connectivity index (χ2v) is 12.6. The van der Waals surface area contributed by atoms with Crippen LogP contribution < -0.4 is 16.5 Å². The number of aliphatic hydroxyl groups is 1. The number of aromatic nitrogens is 1. The Labute approximate surface area is 276 Å². The molecule has 0 saturated heterocycles. The zero-order valence-electron chi connectivity index (χ0n) is 26.7. The average Bonchev–Trinajstić information content (AvgIpc) is 3.01. The van der Waals surface area contributed by atoms with Crippen molar-refractivity contribution >= 4 is 44.7 Å². The van der Waals surface area contributed by atoms with E-state index < -0.39 is 42.3 Å². The van der Waals surface area contributed by atoms with Crippen LogP contribution in [0.15, 0.2) is 73.4 Å². The largest absolute Gasteiger partial charge is 0.452 e. The second kappa shape index (κ2) is 15.2. The van der Waals surface area contributed by atoms with Crippen molar-refractivity contribution in [1.29, 1.82) is 0 Å². The molecule has 4 rings (SSSR count). The average molecular weight is 699 g/mol. The summed E-state index contributed by atoms with van der Waals surface area (Å²) in [5.74, 6) is -0.748. The molecule has 1 aliphatic carbocycles. The van der Waals surface area contributed by atoms with E-state index in [2.05, 4.69) is 21.2 Å². The predicted molar refractivity (Wildman–Crippen MR) is 179 cm³/mol. The van der Waals surface area contributed by atoms with Crippen molar-refractivity contribution in [2.24, 2.45) is 17.6 Å². The van der Waals surface area contributed by atoms with Crippen LogP contribution in [0.5, 0.6) is 0 Å². The van der Waals surface area contributed by atoms with Gasteiger partial charge in [0, 0.05) is 35.7 Å². The van der Waals surface area contributed by atoms with E-state index in [4.69, 9.17) is 29.3 Å². The van der Waals surface area contributed by atoms with Gasteiger partial charge in [-0.25, -0.2) is 9.78 Å². The number of methoxy groups -OCH3 is 2. The predicted octanol–water partition coefficient (Wildman–Crippen LogP) is 5.52. The number of nitrogens with one attached hydrogen (secondary N) is 1. The van der Waals surface area contributed by atoms with Crippen LogP contribution in [0.1, 0.15) is 39.7 Å². The van der Waals surface area contributed by atoms with Gasteiger partial charge in [0.25, 0.3) is 5.91 Å². The van der Waals surface area contributed by atoms with E-state index in [0.29, 0.717) is 45.7 Å². The number of aliphatic hydroxyl groups excluding tert-OH is 1. The monoisotopic (exact) mass is 697 g/mol. The fourth-order valence-corrected chi connectivity index (χ4v) is 6.02. The number of nitrogens with two attached hydrogens (primary N) is 1. The van der Waals surface area contributed by atoms with Gasteiger partial charge in [-0.1, -0.05) is 54.1 Å². The standard InChI is InChI=1S/C34H40BrN3O8/c1-17-12-22-30(40)24(16-25-32(22)45-26-11-10-21(35)15-23(26)37-25)38-33(41)18(2)8-7-9-27(43-5)31(46-34(36)42)20(4)14-19(3)29(39)28(13-17)44-6/h7-11,14-17,19,27-29,31,39H,12-13H2,1-6H3,(H2,36,42)(H,38,41)/b9-7-,18-8+,20-14-/t17-,19+,27+,28-,29+,31-/m1/s1. The summed E-state index contributed by atoms with van der Waals surface area (Å²) in [5.41, 5.74) is 7.82. The van der Waals surface area contributed by atoms with Crippen LogP contribution >= 0.6 is 15.9 Å². The SMILES string of the molecule is CO[C@H]1/C=C\C=C(/C)C(=O)Nc2cc3nc4cc(Br)ccc4oc-3c(c2=O)C[C@@H](C)C[C@@H](OC)[C@@H](O)[C@@H](C)/C=C(/C)[C@H]1OC(N)=O. The molecule has 246 valence electrons. The molecule has 0 fully saturated rings. The summed E-state index contributed by atoms with van der Waals surface area (Å²) in [6.07, 6.45) is 3.03. The molecule has 4 N–H and O–H groups in total. The third-order valence-electron chi connectivity index (χ3n) is 8.13. The molecule has 0 aromatic heterocycles. The molecule has 3 aliphatic rings. The molecular weight excluding hydrogens is 658 g/mol. The maximum absolute atomic E-state index is 13.9. The number of fused-ring (bicyclic) bond motifs is 5. The van der Waals surface area contributed by atoms with E-state index in [-0.39, 0.29) is 23.5 Å². The molecule has 0 spiro atoms. The van der Waals surface area contributed by atoms with Crippen LogP contribution in [-0.4, -0.2) is 60.7 Å². The van der Waals surface area contributed by atoms with Crippen LogP contribution in [-0.2, 0) is 25.4 Å². The zero-order valence-corrected chi connectivity index (χ0v) is 28.3. The Hall–Kier alpha value is -3.84. The number of hydrogen-bond donors (Lipinski definition) is 3. The van der Waals surface area contributed by atoms with Crippen LogP contribution in [0.25, 0.3) is 22.6 Å². The Morgan fingerprint density at radius 2 is 1.89 bits per heavy atom. The quantitative estimate of drug-likeness (QED) is 0.236. The van der Waals surface area contributed by atoms with Gasteiger partial charge in [-0.2, -0.15) is 0 Å². The van der Waals surface area contributed by atoms with Gasteiger partial charge >= 0.3 is 6.09 Å². The molecule has 0 radical (unpaired) electrons. The number of anilines is 1. The first kappa shape index (κ1) is 35.0. The van der Waals surface area contributed by atoms with E-state index in [1.165, 1.54) is 20.3 Å². The van der Waals surface area contributed by atoms with Gasteiger partial charge in [-0.3, -0.25) is 9.59 Å². The van der Waals surface area contributed by atoms with Crippen molar-refractivity contribution in [2.75, 3.05) is 19.5 Å². The molecule has 1 aromatic carbocycles. The number of nitrogens with zero attached hydrogens (tertiary/aromatic N) is 1. The lowest BCUT2D eigenvalue weighted by Gasteiger charge is -2.29. The second-order valence-electron chi connectivity index (χ2n) is 11.7. The number of primary amides is 1. The lowest BCUT2D eigenvalue weighted by molar-refractivity contribution is -0.112. The van der Waals surface area contributed by atoms with E-state index >= 15 is 0 Å². The molecule has 0 unspecified atom stereocenters. The minimum atomic E-state index is -0.987. The Morgan fingerprint density at radius 3 is 2.57 bits per heavy atom. The normalized spacial score (nSPS) is 28.1. The lowest BCUT2D eigenvalue weighted by Crippen LogP contribution is -2.37. The topological polar surface area (TPSA) is 163 Å². The molecule has 1 aromatic rings. The highest BCUT2D eigenvalue weighted by Gasteiger charge is 2.30. The van der Waals surface area contributed by atoms with Crippen LogP contribution in [0.4, 0.5) is 10.5 Å². The van der Waals surface area contributed by atoms with Crippen molar-refractivity contribution in [1.82, 2.24) is 4.98 Å². The first-order valence-corrected chi connectivity index (χ1v) is 15.7. The van der Waals surface area contributed by atoms with Gasteiger partial charge in [-0.05, 0) is 62.4 Å². The summed E-state index contributed by atoms with van der Waals surface area (Å²) in [6.45, 7) is 7.14. The molecule has 2 amide bonds. The number of carbonyl (C=O) groups excluding carboxylic acids is 2. The van der Waals surface area contributed by atoms with Gasteiger partial charge in [0.1, 0.15) is 17.3 Å². The molecule has 46 heavy (non-hydrogen) atoms. The van der Waals surface area contributed by atoms with Gasteiger partial charge in [0.15, 0.2) is 17.4 Å². The summed E-state index contributed by atoms with van der Waals surface area (Å²) in [7, 11) is 2.97. The number of ether oxygens (including phenoxy) is 3.